The normalized spacial score (nSPS) is 16.2. The van der Waals surface area contributed by atoms with Crippen molar-refractivity contribution in [3.05, 3.63) is 29.8 Å². The largest absolute Gasteiger partial charge is 0.508 e. The number of phenols is 1. The van der Waals surface area contributed by atoms with Crippen molar-refractivity contribution >= 4 is 5.97 Å². The van der Waals surface area contributed by atoms with Crippen molar-refractivity contribution in [2.45, 2.75) is 19.4 Å². The highest BCUT2D eigenvalue weighted by Gasteiger charge is 2.36. The molecule has 0 fully saturated rings. The third-order valence-corrected chi connectivity index (χ3v) is 2.85. The fourth-order valence-corrected chi connectivity index (χ4v) is 1.46. The van der Waals surface area contributed by atoms with Crippen LogP contribution in [0.1, 0.15) is 19.4 Å². The van der Waals surface area contributed by atoms with Gasteiger partial charge in [-0.3, -0.25) is 4.79 Å². The lowest BCUT2D eigenvalue weighted by atomic mass is 9.84. The van der Waals surface area contributed by atoms with Gasteiger partial charge in [0.25, 0.3) is 0 Å². The highest BCUT2D eigenvalue weighted by atomic mass is 16.5. The molecule has 0 saturated heterocycles. The van der Waals surface area contributed by atoms with Crippen molar-refractivity contribution in [1.82, 2.24) is 0 Å². The summed E-state index contributed by atoms with van der Waals surface area (Å²) in [6.07, 6.45) is 0. The van der Waals surface area contributed by atoms with Gasteiger partial charge in [-0.15, -0.1) is 0 Å². The molecular weight excluding hydrogens is 208 g/mol. The third kappa shape index (κ3) is 2.33. The first-order chi connectivity index (χ1) is 7.39. The Morgan fingerprint density at radius 2 is 1.88 bits per heavy atom. The minimum atomic E-state index is -1.32. The Bertz CT molecular complexity index is 367. The van der Waals surface area contributed by atoms with Gasteiger partial charge in [0.2, 0.25) is 0 Å². The smallest absolute Gasteiger partial charge is 0.311 e. The number of aromatic hydroxyl groups is 1. The zero-order valence-corrected chi connectivity index (χ0v) is 9.60. The van der Waals surface area contributed by atoms with Gasteiger partial charge in [0.1, 0.15) is 5.75 Å². The van der Waals surface area contributed by atoms with Gasteiger partial charge < -0.3 is 14.9 Å². The number of carbonyl (C=O) groups is 1. The molecule has 4 nitrogen and oxygen atoms in total. The summed E-state index contributed by atoms with van der Waals surface area (Å²) in [5.41, 5.74) is -0.760. The second-order valence-electron chi connectivity index (χ2n) is 3.94. The molecule has 0 heterocycles. The van der Waals surface area contributed by atoms with Crippen LogP contribution in [0.5, 0.6) is 5.75 Å². The van der Waals surface area contributed by atoms with Crippen LogP contribution in [0.15, 0.2) is 24.3 Å². The van der Waals surface area contributed by atoms with E-state index in [1.807, 2.05) is 0 Å². The molecule has 0 saturated carbocycles. The summed E-state index contributed by atoms with van der Waals surface area (Å²) in [7, 11) is 1.28. The topological polar surface area (TPSA) is 66.8 Å². The summed E-state index contributed by atoms with van der Waals surface area (Å²) in [6, 6.07) is 6.09. The van der Waals surface area contributed by atoms with E-state index >= 15 is 0 Å². The van der Waals surface area contributed by atoms with Crippen LogP contribution in [0, 0.1) is 5.92 Å². The average Bonchev–Trinajstić information content (AvgIpc) is 2.27. The molecule has 1 rings (SSSR count). The summed E-state index contributed by atoms with van der Waals surface area (Å²) in [5, 5.41) is 19.4. The van der Waals surface area contributed by atoms with Gasteiger partial charge in [0, 0.05) is 0 Å². The van der Waals surface area contributed by atoms with E-state index in [4.69, 9.17) is 5.11 Å². The molecule has 88 valence electrons. The molecule has 0 spiro atoms. The molecule has 0 aliphatic carbocycles. The number of methoxy groups -OCH3 is 1. The zero-order chi connectivity index (χ0) is 12.3. The van der Waals surface area contributed by atoms with Gasteiger partial charge in [-0.05, 0) is 31.5 Å². The average molecular weight is 224 g/mol. The highest BCUT2D eigenvalue weighted by Crippen LogP contribution is 2.30. The molecule has 0 bridgehead atoms. The Kier molecular flexibility index (Phi) is 3.55. The molecule has 0 aliphatic rings. The summed E-state index contributed by atoms with van der Waals surface area (Å²) >= 11 is 0. The predicted molar refractivity (Wildman–Crippen MR) is 58.9 cm³/mol. The minimum absolute atomic E-state index is 0.116. The maximum absolute atomic E-state index is 11.4. The van der Waals surface area contributed by atoms with Gasteiger partial charge in [-0.2, -0.15) is 0 Å². The SMILES string of the molecule is COC(=O)C(C)C(C)(O)c1ccc(O)cc1. The number of hydrogen-bond acceptors (Lipinski definition) is 4. The molecule has 2 atom stereocenters. The quantitative estimate of drug-likeness (QED) is 0.762. The predicted octanol–water partition coefficient (Wildman–Crippen LogP) is 1.41. The zero-order valence-electron chi connectivity index (χ0n) is 9.60. The lowest BCUT2D eigenvalue weighted by Gasteiger charge is -2.28. The van der Waals surface area contributed by atoms with E-state index in [-0.39, 0.29) is 5.75 Å². The van der Waals surface area contributed by atoms with Crippen LogP contribution < -0.4 is 0 Å². The lowest BCUT2D eigenvalue weighted by Crippen LogP contribution is -2.35. The van der Waals surface area contributed by atoms with E-state index in [9.17, 15) is 9.90 Å². The second-order valence-corrected chi connectivity index (χ2v) is 3.94. The molecule has 0 aliphatic heterocycles. The van der Waals surface area contributed by atoms with Gasteiger partial charge in [0.05, 0.1) is 18.6 Å². The number of phenolic OH excluding ortho intramolecular Hbond substituents is 1. The number of esters is 1. The fourth-order valence-electron chi connectivity index (χ4n) is 1.46. The first-order valence-electron chi connectivity index (χ1n) is 4.99. The molecule has 16 heavy (non-hydrogen) atoms. The number of rotatable bonds is 3. The number of carbonyl (C=O) groups excluding carboxylic acids is 1. The third-order valence-electron chi connectivity index (χ3n) is 2.85. The molecule has 1 aromatic rings. The number of ether oxygens (including phenoxy) is 1. The Hall–Kier alpha value is -1.55. The first kappa shape index (κ1) is 12.5. The molecule has 2 unspecified atom stereocenters. The fraction of sp³-hybridized carbons (Fsp3) is 0.417. The molecule has 0 aromatic heterocycles. The van der Waals surface area contributed by atoms with Gasteiger partial charge in [0.15, 0.2) is 0 Å². The second kappa shape index (κ2) is 4.53. The van der Waals surface area contributed by atoms with Crippen molar-refractivity contribution in [3.8, 4) is 5.75 Å². The summed E-state index contributed by atoms with van der Waals surface area (Å²) in [5.74, 6) is -1.04. The van der Waals surface area contributed by atoms with Crippen molar-refractivity contribution in [1.29, 1.82) is 0 Å². The maximum Gasteiger partial charge on any atom is 0.311 e. The molecule has 4 heteroatoms. The van der Waals surface area contributed by atoms with Crippen molar-refractivity contribution in [2.75, 3.05) is 7.11 Å². The first-order valence-corrected chi connectivity index (χ1v) is 4.99. The van der Waals surface area contributed by atoms with Crippen molar-refractivity contribution in [3.63, 3.8) is 0 Å². The summed E-state index contributed by atoms with van der Waals surface area (Å²) in [6.45, 7) is 3.14. The van der Waals surface area contributed by atoms with Crippen molar-refractivity contribution < 1.29 is 19.7 Å². The number of aliphatic hydroxyl groups is 1. The Labute approximate surface area is 94.5 Å². The standard InChI is InChI=1S/C12H16O4/c1-8(11(14)16-3)12(2,15)9-4-6-10(13)7-5-9/h4-8,13,15H,1-3H3. The van der Waals surface area contributed by atoms with E-state index in [1.54, 1.807) is 26.0 Å². The molecule has 2 N–H and O–H groups in total. The van der Waals surface area contributed by atoms with Crippen LogP contribution >= 0.6 is 0 Å². The van der Waals surface area contributed by atoms with Gasteiger partial charge >= 0.3 is 5.97 Å². The van der Waals surface area contributed by atoms with Gasteiger partial charge in [-0.25, -0.2) is 0 Å². The van der Waals surface area contributed by atoms with Crippen LogP contribution in [0.25, 0.3) is 0 Å². The monoisotopic (exact) mass is 224 g/mol. The van der Waals surface area contributed by atoms with E-state index < -0.39 is 17.5 Å². The number of hydrogen-bond donors (Lipinski definition) is 2. The van der Waals surface area contributed by atoms with Crippen molar-refractivity contribution in [2.24, 2.45) is 5.92 Å². The summed E-state index contributed by atoms with van der Waals surface area (Å²) in [4.78, 5) is 11.4. The van der Waals surface area contributed by atoms with E-state index in [0.717, 1.165) is 0 Å². The van der Waals surface area contributed by atoms with Gasteiger partial charge in [-0.1, -0.05) is 12.1 Å². The molecule has 0 radical (unpaired) electrons. The van der Waals surface area contributed by atoms with E-state index in [2.05, 4.69) is 4.74 Å². The maximum atomic E-state index is 11.4. The molecule has 1 aromatic carbocycles. The Balaban J connectivity index is 3.01. The highest BCUT2D eigenvalue weighted by molar-refractivity contribution is 5.73. The van der Waals surface area contributed by atoms with E-state index in [0.29, 0.717) is 5.56 Å². The molecular formula is C12H16O4. The molecule has 0 amide bonds. The van der Waals surface area contributed by atoms with Crippen LogP contribution in [0.2, 0.25) is 0 Å². The van der Waals surface area contributed by atoms with Crippen LogP contribution in [0.4, 0.5) is 0 Å². The Morgan fingerprint density at radius 1 is 1.38 bits per heavy atom. The van der Waals surface area contributed by atoms with E-state index in [1.165, 1.54) is 19.2 Å². The van der Waals surface area contributed by atoms with Crippen LogP contribution in [-0.2, 0) is 15.1 Å². The Morgan fingerprint density at radius 3 is 2.31 bits per heavy atom. The van der Waals surface area contributed by atoms with Crippen LogP contribution in [0.3, 0.4) is 0 Å². The van der Waals surface area contributed by atoms with Crippen LogP contribution in [-0.4, -0.2) is 23.3 Å². The number of benzene rings is 1. The summed E-state index contributed by atoms with van der Waals surface area (Å²) < 4.78 is 4.60. The minimum Gasteiger partial charge on any atom is -0.508 e. The lowest BCUT2D eigenvalue weighted by molar-refractivity contribution is -0.154.